The van der Waals surface area contributed by atoms with E-state index in [1.54, 1.807) is 0 Å². The van der Waals surface area contributed by atoms with Gasteiger partial charge >= 0.3 is 5.97 Å². The number of benzene rings is 1. The molecule has 1 aliphatic rings. The second kappa shape index (κ2) is 5.09. The Kier molecular flexibility index (Phi) is 3.54. The van der Waals surface area contributed by atoms with E-state index in [2.05, 4.69) is 17.4 Å². The Morgan fingerprint density at radius 3 is 2.88 bits per heavy atom. The van der Waals surface area contributed by atoms with Crippen LogP contribution in [0, 0.1) is 0 Å². The highest BCUT2D eigenvalue weighted by Crippen LogP contribution is 2.16. The minimum atomic E-state index is -0.756. The van der Waals surface area contributed by atoms with Crippen molar-refractivity contribution in [1.82, 2.24) is 10.2 Å². The number of aliphatic carboxylic acids is 1. The van der Waals surface area contributed by atoms with E-state index in [0.717, 1.165) is 19.6 Å². The van der Waals surface area contributed by atoms with Crippen molar-refractivity contribution in [3.63, 3.8) is 0 Å². The van der Waals surface area contributed by atoms with Crippen molar-refractivity contribution in [1.29, 1.82) is 0 Å². The van der Waals surface area contributed by atoms with Crippen LogP contribution in [0.1, 0.15) is 11.6 Å². The number of hydrogen-bond donors (Lipinski definition) is 2. The van der Waals surface area contributed by atoms with Crippen LogP contribution in [0.3, 0.4) is 0 Å². The Balaban J connectivity index is 1.99. The summed E-state index contributed by atoms with van der Waals surface area (Å²) in [5.74, 6) is -0.756. The van der Waals surface area contributed by atoms with Gasteiger partial charge in [0.1, 0.15) is 0 Å². The van der Waals surface area contributed by atoms with Gasteiger partial charge < -0.3 is 10.4 Å². The lowest BCUT2D eigenvalue weighted by molar-refractivity contribution is -0.138. The number of nitrogens with zero attached hydrogens (tertiary/aromatic N) is 1. The summed E-state index contributed by atoms with van der Waals surface area (Å²) in [6.45, 7) is 2.53. The Morgan fingerprint density at radius 1 is 1.44 bits per heavy atom. The quantitative estimate of drug-likeness (QED) is 0.788. The van der Waals surface area contributed by atoms with Crippen LogP contribution < -0.4 is 5.32 Å². The number of hydrogen-bond acceptors (Lipinski definition) is 3. The Hall–Kier alpha value is -1.39. The van der Waals surface area contributed by atoms with Crippen LogP contribution >= 0.6 is 0 Å². The van der Waals surface area contributed by atoms with Crippen LogP contribution in [0.15, 0.2) is 30.3 Å². The van der Waals surface area contributed by atoms with Gasteiger partial charge in [0.15, 0.2) is 0 Å². The van der Waals surface area contributed by atoms with E-state index < -0.39 is 5.97 Å². The molecule has 16 heavy (non-hydrogen) atoms. The summed E-state index contributed by atoms with van der Waals surface area (Å²) in [6, 6.07) is 10.4. The highest BCUT2D eigenvalue weighted by Gasteiger charge is 2.21. The fourth-order valence-electron chi connectivity index (χ4n) is 2.05. The molecule has 0 spiro atoms. The fraction of sp³-hybridized carbons (Fsp3) is 0.417. The topological polar surface area (TPSA) is 52.6 Å². The maximum absolute atomic E-state index is 10.6. The van der Waals surface area contributed by atoms with Gasteiger partial charge in [-0.25, -0.2) is 0 Å². The SMILES string of the molecule is O=C(O)CN1CCN[C@@H](c2ccccc2)C1. The number of piperazine rings is 1. The number of carboxylic acid groups (broad SMARTS) is 1. The summed E-state index contributed by atoms with van der Waals surface area (Å²) >= 11 is 0. The highest BCUT2D eigenvalue weighted by molar-refractivity contribution is 5.69. The largest absolute Gasteiger partial charge is 0.480 e. The molecule has 86 valence electrons. The molecule has 2 N–H and O–H groups in total. The van der Waals surface area contributed by atoms with Gasteiger partial charge in [-0.2, -0.15) is 0 Å². The van der Waals surface area contributed by atoms with Gasteiger partial charge in [0.2, 0.25) is 0 Å². The normalized spacial score (nSPS) is 21.9. The lowest BCUT2D eigenvalue weighted by atomic mass is 10.0. The molecule has 0 aromatic heterocycles. The van der Waals surface area contributed by atoms with Crippen molar-refractivity contribution in [3.8, 4) is 0 Å². The molecular formula is C12H16N2O2. The molecule has 0 bridgehead atoms. The first kappa shape index (κ1) is 11.1. The number of carboxylic acids is 1. The molecule has 1 saturated heterocycles. The van der Waals surface area contributed by atoms with E-state index in [9.17, 15) is 4.79 Å². The zero-order valence-electron chi connectivity index (χ0n) is 9.10. The van der Waals surface area contributed by atoms with Gasteiger partial charge in [0.25, 0.3) is 0 Å². The minimum Gasteiger partial charge on any atom is -0.480 e. The van der Waals surface area contributed by atoms with Gasteiger partial charge in [0.05, 0.1) is 6.54 Å². The average Bonchev–Trinajstić information content (AvgIpc) is 2.30. The van der Waals surface area contributed by atoms with E-state index in [1.165, 1.54) is 5.56 Å². The average molecular weight is 220 g/mol. The van der Waals surface area contributed by atoms with Crippen molar-refractivity contribution >= 4 is 5.97 Å². The van der Waals surface area contributed by atoms with Crippen molar-refractivity contribution in [2.45, 2.75) is 6.04 Å². The van der Waals surface area contributed by atoms with Gasteiger partial charge in [-0.3, -0.25) is 9.69 Å². The molecule has 0 saturated carbocycles. The smallest absolute Gasteiger partial charge is 0.317 e. The van der Waals surface area contributed by atoms with E-state index >= 15 is 0 Å². The van der Waals surface area contributed by atoms with Crippen molar-refractivity contribution < 1.29 is 9.90 Å². The van der Waals surface area contributed by atoms with Crippen LogP contribution in [0.5, 0.6) is 0 Å². The third-order valence-corrected chi connectivity index (χ3v) is 2.82. The zero-order chi connectivity index (χ0) is 11.4. The summed E-state index contributed by atoms with van der Waals surface area (Å²) in [4.78, 5) is 12.6. The van der Waals surface area contributed by atoms with Crippen LogP contribution in [0.25, 0.3) is 0 Å². The van der Waals surface area contributed by atoms with Gasteiger partial charge in [-0.05, 0) is 5.56 Å². The predicted octanol–water partition coefficient (Wildman–Crippen LogP) is 0.717. The lowest BCUT2D eigenvalue weighted by Gasteiger charge is -2.32. The van der Waals surface area contributed by atoms with Crippen LogP contribution in [-0.2, 0) is 4.79 Å². The second-order valence-corrected chi connectivity index (χ2v) is 4.05. The standard InChI is InChI=1S/C12H16N2O2/c15-12(16)9-14-7-6-13-11(8-14)10-4-2-1-3-5-10/h1-5,11,13H,6-9H2,(H,15,16)/t11-/m1/s1. The third kappa shape index (κ3) is 2.81. The molecule has 1 aromatic carbocycles. The summed E-state index contributed by atoms with van der Waals surface area (Å²) < 4.78 is 0. The summed E-state index contributed by atoms with van der Waals surface area (Å²) in [7, 11) is 0. The number of rotatable bonds is 3. The minimum absolute atomic E-state index is 0.130. The highest BCUT2D eigenvalue weighted by atomic mass is 16.4. The maximum atomic E-state index is 10.6. The Morgan fingerprint density at radius 2 is 2.19 bits per heavy atom. The maximum Gasteiger partial charge on any atom is 0.317 e. The zero-order valence-corrected chi connectivity index (χ0v) is 9.10. The van der Waals surface area contributed by atoms with Crippen molar-refractivity contribution in [2.24, 2.45) is 0 Å². The molecule has 0 amide bonds. The van der Waals surface area contributed by atoms with Crippen LogP contribution in [0.2, 0.25) is 0 Å². The number of nitrogens with one attached hydrogen (secondary N) is 1. The molecule has 1 aromatic rings. The first-order valence-corrected chi connectivity index (χ1v) is 5.48. The van der Waals surface area contributed by atoms with E-state index in [4.69, 9.17) is 5.11 Å². The summed E-state index contributed by atoms with van der Waals surface area (Å²) in [5.41, 5.74) is 1.22. The molecule has 2 rings (SSSR count). The molecular weight excluding hydrogens is 204 g/mol. The summed E-state index contributed by atoms with van der Waals surface area (Å²) in [6.07, 6.45) is 0. The Bertz CT molecular complexity index is 353. The van der Waals surface area contributed by atoms with Gasteiger partial charge in [0, 0.05) is 25.7 Å². The Labute approximate surface area is 94.9 Å². The first-order chi connectivity index (χ1) is 7.75. The fourth-order valence-corrected chi connectivity index (χ4v) is 2.05. The first-order valence-electron chi connectivity index (χ1n) is 5.48. The lowest BCUT2D eigenvalue weighted by Crippen LogP contribution is -2.47. The predicted molar refractivity (Wildman–Crippen MR) is 61.3 cm³/mol. The third-order valence-electron chi connectivity index (χ3n) is 2.82. The molecule has 1 aliphatic heterocycles. The molecule has 1 fully saturated rings. The van der Waals surface area contributed by atoms with E-state index in [1.807, 2.05) is 23.1 Å². The van der Waals surface area contributed by atoms with Crippen molar-refractivity contribution in [2.75, 3.05) is 26.2 Å². The molecule has 0 radical (unpaired) electrons. The van der Waals surface area contributed by atoms with Crippen molar-refractivity contribution in [3.05, 3.63) is 35.9 Å². The van der Waals surface area contributed by atoms with Crippen LogP contribution in [-0.4, -0.2) is 42.2 Å². The van der Waals surface area contributed by atoms with E-state index in [-0.39, 0.29) is 12.6 Å². The van der Waals surface area contributed by atoms with Gasteiger partial charge in [-0.15, -0.1) is 0 Å². The van der Waals surface area contributed by atoms with E-state index in [0.29, 0.717) is 0 Å². The molecule has 1 heterocycles. The summed E-state index contributed by atoms with van der Waals surface area (Å²) in [5, 5.41) is 12.2. The van der Waals surface area contributed by atoms with Crippen LogP contribution in [0.4, 0.5) is 0 Å². The molecule has 4 nitrogen and oxygen atoms in total. The van der Waals surface area contributed by atoms with Gasteiger partial charge in [-0.1, -0.05) is 30.3 Å². The molecule has 0 unspecified atom stereocenters. The molecule has 1 atom stereocenters. The monoisotopic (exact) mass is 220 g/mol. The molecule has 4 heteroatoms. The second-order valence-electron chi connectivity index (χ2n) is 4.05. The molecule has 0 aliphatic carbocycles. The number of carbonyl (C=O) groups is 1.